The van der Waals surface area contributed by atoms with Gasteiger partial charge in [-0.1, -0.05) is 53.5 Å². The molecule has 2 unspecified atom stereocenters. The highest BCUT2D eigenvalue weighted by molar-refractivity contribution is 5.89. The molecular formula is C24H39NO. The Bertz CT molecular complexity index is 609. The van der Waals surface area contributed by atoms with Crippen LogP contribution in [0.1, 0.15) is 86.0 Å². The first kappa shape index (κ1) is 18.6. The molecule has 2 heteroatoms. The minimum absolute atomic E-state index is 0.124. The highest BCUT2D eigenvalue weighted by Gasteiger charge is 2.63. The molecule has 0 saturated heterocycles. The third-order valence-electron chi connectivity index (χ3n) is 9.28. The molecule has 4 rings (SSSR count). The quantitative estimate of drug-likeness (QED) is 0.687. The van der Waals surface area contributed by atoms with Gasteiger partial charge in [0.05, 0.1) is 0 Å². The molecule has 4 aliphatic rings. The molecule has 1 aliphatic heterocycles. The lowest BCUT2D eigenvalue weighted by atomic mass is 9.42. The molecule has 7 atom stereocenters. The molecule has 0 radical (unpaired) electrons. The maximum Gasteiger partial charge on any atom is 0.243 e. The summed E-state index contributed by atoms with van der Waals surface area (Å²) in [5.74, 6) is 3.33. The summed E-state index contributed by atoms with van der Waals surface area (Å²) >= 11 is 0. The number of nitrogens with one attached hydrogen (secondary N) is 1. The summed E-state index contributed by atoms with van der Waals surface area (Å²) in [6.45, 7) is 12.3. The van der Waals surface area contributed by atoms with Gasteiger partial charge in [0, 0.05) is 11.5 Å². The number of rotatable bonds is 3. The SMILES string of the molecule is CC(C)CCC1(C)CC2NC(=O)C=C[C@]2(C)[C@@H]2CC[C@]3(C)CCC[C@H]3[C@@H]21. The van der Waals surface area contributed by atoms with E-state index in [-0.39, 0.29) is 11.3 Å². The lowest BCUT2D eigenvalue weighted by Crippen LogP contribution is -2.64. The Labute approximate surface area is 160 Å². The number of hydrogen-bond donors (Lipinski definition) is 1. The second-order valence-corrected chi connectivity index (χ2v) is 11.4. The molecule has 0 aromatic heterocycles. The van der Waals surface area contributed by atoms with E-state index in [1.54, 1.807) is 0 Å². The first-order valence-corrected chi connectivity index (χ1v) is 11.2. The van der Waals surface area contributed by atoms with Crippen LogP contribution < -0.4 is 5.32 Å². The Morgan fingerprint density at radius 2 is 1.92 bits per heavy atom. The minimum atomic E-state index is 0.124. The van der Waals surface area contributed by atoms with Crippen LogP contribution in [0.4, 0.5) is 0 Å². The summed E-state index contributed by atoms with van der Waals surface area (Å²) in [5, 5.41) is 3.38. The topological polar surface area (TPSA) is 29.1 Å². The van der Waals surface area contributed by atoms with E-state index < -0.39 is 0 Å². The predicted molar refractivity (Wildman–Crippen MR) is 108 cm³/mol. The van der Waals surface area contributed by atoms with Crippen molar-refractivity contribution in [2.75, 3.05) is 0 Å². The monoisotopic (exact) mass is 357 g/mol. The number of amides is 1. The van der Waals surface area contributed by atoms with Crippen molar-refractivity contribution < 1.29 is 4.79 Å². The Morgan fingerprint density at radius 3 is 2.65 bits per heavy atom. The molecule has 2 nitrogen and oxygen atoms in total. The van der Waals surface area contributed by atoms with Crippen LogP contribution in [0, 0.1) is 39.9 Å². The van der Waals surface area contributed by atoms with Gasteiger partial charge in [-0.05, 0) is 79.1 Å². The zero-order chi connectivity index (χ0) is 18.7. The highest BCUT2D eigenvalue weighted by atomic mass is 16.1. The maximum absolute atomic E-state index is 12.1. The molecule has 3 aliphatic carbocycles. The van der Waals surface area contributed by atoms with Crippen molar-refractivity contribution in [2.45, 2.75) is 92.0 Å². The average Bonchev–Trinajstić information content (AvgIpc) is 2.96. The van der Waals surface area contributed by atoms with Gasteiger partial charge < -0.3 is 5.32 Å². The summed E-state index contributed by atoms with van der Waals surface area (Å²) in [6.07, 6.45) is 15.0. The van der Waals surface area contributed by atoms with Crippen LogP contribution in [0.5, 0.6) is 0 Å². The van der Waals surface area contributed by atoms with Crippen molar-refractivity contribution in [1.82, 2.24) is 5.32 Å². The molecule has 1 heterocycles. The molecule has 1 N–H and O–H groups in total. The van der Waals surface area contributed by atoms with Crippen LogP contribution in [-0.4, -0.2) is 11.9 Å². The van der Waals surface area contributed by atoms with Crippen molar-refractivity contribution in [2.24, 2.45) is 39.9 Å². The van der Waals surface area contributed by atoms with Crippen molar-refractivity contribution >= 4 is 5.91 Å². The van der Waals surface area contributed by atoms with E-state index in [1.165, 1.54) is 51.4 Å². The Morgan fingerprint density at radius 1 is 1.15 bits per heavy atom. The van der Waals surface area contributed by atoms with Gasteiger partial charge >= 0.3 is 0 Å². The zero-order valence-electron chi connectivity index (χ0n) is 17.6. The second kappa shape index (κ2) is 6.11. The van der Waals surface area contributed by atoms with Gasteiger partial charge in [-0.2, -0.15) is 0 Å². The van der Waals surface area contributed by atoms with Crippen LogP contribution in [0.2, 0.25) is 0 Å². The van der Waals surface area contributed by atoms with E-state index >= 15 is 0 Å². The number of hydrogen-bond acceptors (Lipinski definition) is 1. The smallest absolute Gasteiger partial charge is 0.243 e. The van der Waals surface area contributed by atoms with Gasteiger partial charge in [0.25, 0.3) is 0 Å². The molecule has 3 saturated carbocycles. The average molecular weight is 358 g/mol. The van der Waals surface area contributed by atoms with Crippen LogP contribution in [0.3, 0.4) is 0 Å². The molecule has 26 heavy (non-hydrogen) atoms. The molecule has 0 aromatic rings. The maximum atomic E-state index is 12.1. The van der Waals surface area contributed by atoms with Crippen molar-refractivity contribution in [3.63, 3.8) is 0 Å². The van der Waals surface area contributed by atoms with E-state index in [1.807, 2.05) is 6.08 Å². The number of carbonyl (C=O) groups excluding carboxylic acids is 1. The van der Waals surface area contributed by atoms with Crippen LogP contribution in [-0.2, 0) is 4.79 Å². The van der Waals surface area contributed by atoms with Crippen molar-refractivity contribution in [1.29, 1.82) is 0 Å². The fourth-order valence-electron chi connectivity index (χ4n) is 7.69. The molecule has 146 valence electrons. The fourth-order valence-corrected chi connectivity index (χ4v) is 7.69. The van der Waals surface area contributed by atoms with Crippen LogP contribution >= 0.6 is 0 Å². The number of fused-ring (bicyclic) bond motifs is 5. The fraction of sp³-hybridized carbons (Fsp3) is 0.875. The largest absolute Gasteiger partial charge is 0.349 e. The lowest BCUT2D eigenvalue weighted by Gasteiger charge is -2.64. The molecule has 1 amide bonds. The van der Waals surface area contributed by atoms with Gasteiger partial charge in [-0.3, -0.25) is 4.79 Å². The Kier molecular flexibility index (Phi) is 4.36. The van der Waals surface area contributed by atoms with Crippen LogP contribution in [0.15, 0.2) is 12.2 Å². The minimum Gasteiger partial charge on any atom is -0.349 e. The van der Waals surface area contributed by atoms with E-state index in [9.17, 15) is 4.79 Å². The number of carbonyl (C=O) groups is 1. The van der Waals surface area contributed by atoms with Crippen molar-refractivity contribution in [3.05, 3.63) is 12.2 Å². The van der Waals surface area contributed by atoms with Gasteiger partial charge in [0.2, 0.25) is 5.91 Å². The standard InChI is InChI=1S/C24H39NO/c1-16(2)8-12-23(4)15-19-24(5,14-10-20(26)25-19)18-9-13-22(3)11-6-7-17(22)21(18)23/h10,14,16-19,21H,6-9,11-13,15H2,1-5H3,(H,25,26)/t17-,18+,19?,21-,22-,23?,24+/m0/s1. The Hall–Kier alpha value is -0.790. The van der Waals surface area contributed by atoms with Crippen LogP contribution in [0.25, 0.3) is 0 Å². The molecular weight excluding hydrogens is 318 g/mol. The molecule has 0 bridgehead atoms. The van der Waals surface area contributed by atoms with E-state index in [2.05, 4.69) is 46.0 Å². The zero-order valence-corrected chi connectivity index (χ0v) is 17.6. The summed E-state index contributed by atoms with van der Waals surface area (Å²) in [6, 6.07) is 0.323. The normalized spacial score (nSPS) is 50.2. The Balaban J connectivity index is 1.75. The highest BCUT2D eigenvalue weighted by Crippen LogP contribution is 2.68. The second-order valence-electron chi connectivity index (χ2n) is 11.4. The van der Waals surface area contributed by atoms with Gasteiger partial charge in [-0.25, -0.2) is 0 Å². The third-order valence-corrected chi connectivity index (χ3v) is 9.28. The van der Waals surface area contributed by atoms with Gasteiger partial charge in [0.1, 0.15) is 0 Å². The summed E-state index contributed by atoms with van der Waals surface area (Å²) < 4.78 is 0. The van der Waals surface area contributed by atoms with Gasteiger partial charge in [-0.15, -0.1) is 0 Å². The predicted octanol–water partition coefficient (Wildman–Crippen LogP) is 5.73. The molecule has 0 aromatic carbocycles. The molecule has 3 fully saturated rings. The first-order chi connectivity index (χ1) is 12.2. The van der Waals surface area contributed by atoms with Crippen molar-refractivity contribution in [3.8, 4) is 0 Å². The van der Waals surface area contributed by atoms with E-state index in [0.29, 0.717) is 16.9 Å². The summed E-state index contributed by atoms with van der Waals surface area (Å²) in [4.78, 5) is 12.1. The lowest BCUT2D eigenvalue weighted by molar-refractivity contribution is -0.140. The summed E-state index contributed by atoms with van der Waals surface area (Å²) in [5.41, 5.74) is 1.10. The summed E-state index contributed by atoms with van der Waals surface area (Å²) in [7, 11) is 0. The van der Waals surface area contributed by atoms with E-state index in [0.717, 1.165) is 23.7 Å². The van der Waals surface area contributed by atoms with E-state index in [4.69, 9.17) is 0 Å². The molecule has 0 spiro atoms. The third kappa shape index (κ3) is 2.69. The first-order valence-electron chi connectivity index (χ1n) is 11.2. The van der Waals surface area contributed by atoms with Gasteiger partial charge in [0.15, 0.2) is 0 Å².